The van der Waals surface area contributed by atoms with Crippen LogP contribution < -0.4 is 0 Å². The van der Waals surface area contributed by atoms with Gasteiger partial charge < -0.3 is 0 Å². The van der Waals surface area contributed by atoms with Crippen LogP contribution in [-0.2, 0) is 10.0 Å². The lowest BCUT2D eigenvalue weighted by Gasteiger charge is -2.07. The average molecular weight is 333 g/mol. The molecule has 1 heterocycles. The van der Waals surface area contributed by atoms with E-state index >= 15 is 0 Å². The smallest absolute Gasteiger partial charge is 0.241 e. The third-order valence-corrected chi connectivity index (χ3v) is 5.75. The van der Waals surface area contributed by atoms with Crippen molar-refractivity contribution >= 4 is 20.9 Å². The summed E-state index contributed by atoms with van der Waals surface area (Å²) in [5.74, 6) is 0. The van der Waals surface area contributed by atoms with Crippen molar-refractivity contribution in [3.8, 4) is 11.1 Å². The van der Waals surface area contributed by atoms with Gasteiger partial charge in [-0.05, 0) is 23.8 Å². The Morgan fingerprint density at radius 2 is 1.25 bits per heavy atom. The van der Waals surface area contributed by atoms with Crippen molar-refractivity contribution in [2.75, 3.05) is 0 Å². The van der Waals surface area contributed by atoms with Gasteiger partial charge in [-0.3, -0.25) is 0 Å². The van der Waals surface area contributed by atoms with Crippen LogP contribution in [0.15, 0.2) is 96.0 Å². The molecule has 3 nitrogen and oxygen atoms in total. The van der Waals surface area contributed by atoms with Gasteiger partial charge in [0.05, 0.1) is 10.4 Å². The predicted octanol–water partition coefficient (Wildman–Crippen LogP) is 4.55. The van der Waals surface area contributed by atoms with Crippen LogP contribution in [0.1, 0.15) is 0 Å². The summed E-state index contributed by atoms with van der Waals surface area (Å²) in [6.07, 6.45) is 1.71. The van der Waals surface area contributed by atoms with Gasteiger partial charge in [0.2, 0.25) is 0 Å². The Bertz CT molecular complexity index is 1100. The molecule has 4 aromatic rings. The second kappa shape index (κ2) is 5.65. The first-order valence-corrected chi connectivity index (χ1v) is 9.08. The SMILES string of the molecule is O=S(=O)(c1ccccc1)n1cc(-c2ccccc2)c2ccccc21. The highest BCUT2D eigenvalue weighted by Gasteiger charge is 2.21. The molecule has 4 heteroatoms. The fourth-order valence-electron chi connectivity index (χ4n) is 2.90. The summed E-state index contributed by atoms with van der Waals surface area (Å²) in [4.78, 5) is 0.283. The van der Waals surface area contributed by atoms with Gasteiger partial charge in [-0.25, -0.2) is 12.4 Å². The summed E-state index contributed by atoms with van der Waals surface area (Å²) in [6.45, 7) is 0. The summed E-state index contributed by atoms with van der Waals surface area (Å²) in [7, 11) is -3.64. The summed E-state index contributed by atoms with van der Waals surface area (Å²) < 4.78 is 27.5. The molecule has 3 aromatic carbocycles. The van der Waals surface area contributed by atoms with Crippen molar-refractivity contribution < 1.29 is 8.42 Å². The Labute approximate surface area is 140 Å². The number of benzene rings is 3. The number of hydrogen-bond acceptors (Lipinski definition) is 2. The number of hydrogen-bond donors (Lipinski definition) is 0. The highest BCUT2D eigenvalue weighted by molar-refractivity contribution is 7.90. The molecule has 0 atom stereocenters. The summed E-state index contributed by atoms with van der Waals surface area (Å²) in [6, 6.07) is 25.9. The highest BCUT2D eigenvalue weighted by Crippen LogP contribution is 2.32. The van der Waals surface area contributed by atoms with Gasteiger partial charge in [0.25, 0.3) is 10.0 Å². The molecule has 0 aliphatic heterocycles. The first-order valence-electron chi connectivity index (χ1n) is 7.64. The van der Waals surface area contributed by atoms with Gasteiger partial charge in [0.1, 0.15) is 0 Å². The van der Waals surface area contributed by atoms with E-state index in [-0.39, 0.29) is 4.90 Å². The topological polar surface area (TPSA) is 39.1 Å². The zero-order valence-electron chi connectivity index (χ0n) is 12.8. The minimum Gasteiger partial charge on any atom is -0.241 e. The van der Waals surface area contributed by atoms with Crippen LogP contribution in [0.5, 0.6) is 0 Å². The predicted molar refractivity (Wildman–Crippen MR) is 96.4 cm³/mol. The van der Waals surface area contributed by atoms with Gasteiger partial charge in [0.15, 0.2) is 0 Å². The number of aromatic nitrogens is 1. The van der Waals surface area contributed by atoms with Crippen LogP contribution >= 0.6 is 0 Å². The zero-order chi connectivity index (χ0) is 16.6. The van der Waals surface area contributed by atoms with Gasteiger partial charge in [-0.1, -0.05) is 66.7 Å². The molecule has 4 rings (SSSR count). The average Bonchev–Trinajstić information content (AvgIpc) is 3.04. The molecule has 0 aliphatic rings. The molecular weight excluding hydrogens is 318 g/mol. The first-order chi connectivity index (χ1) is 11.7. The number of para-hydroxylation sites is 1. The van der Waals surface area contributed by atoms with Crippen LogP contribution in [-0.4, -0.2) is 12.4 Å². The molecule has 24 heavy (non-hydrogen) atoms. The van der Waals surface area contributed by atoms with Crippen LogP contribution in [0.2, 0.25) is 0 Å². The second-order valence-corrected chi connectivity index (χ2v) is 7.35. The Morgan fingerprint density at radius 1 is 0.667 bits per heavy atom. The van der Waals surface area contributed by atoms with Crippen LogP contribution in [0.4, 0.5) is 0 Å². The minimum atomic E-state index is -3.64. The summed E-state index contributed by atoms with van der Waals surface area (Å²) >= 11 is 0. The van der Waals surface area contributed by atoms with E-state index in [0.717, 1.165) is 16.5 Å². The quantitative estimate of drug-likeness (QED) is 0.552. The Hall–Kier alpha value is -2.85. The monoisotopic (exact) mass is 333 g/mol. The third kappa shape index (κ3) is 2.32. The van der Waals surface area contributed by atoms with Gasteiger partial charge in [-0.2, -0.15) is 0 Å². The molecule has 1 aromatic heterocycles. The number of rotatable bonds is 3. The molecule has 0 spiro atoms. The summed E-state index contributed by atoms with van der Waals surface area (Å²) in [5.41, 5.74) is 2.58. The molecule has 0 fully saturated rings. The van der Waals surface area contributed by atoms with Crippen molar-refractivity contribution in [1.29, 1.82) is 0 Å². The Morgan fingerprint density at radius 3 is 1.96 bits per heavy atom. The molecule has 0 amide bonds. The van der Waals surface area contributed by atoms with Crippen molar-refractivity contribution in [1.82, 2.24) is 3.97 Å². The standard InChI is InChI=1S/C20H15NO2S/c22-24(23,17-11-5-2-6-12-17)21-15-19(16-9-3-1-4-10-16)18-13-7-8-14-20(18)21/h1-15H. The van der Waals surface area contributed by atoms with Crippen molar-refractivity contribution in [2.45, 2.75) is 4.90 Å². The van der Waals surface area contributed by atoms with E-state index in [1.54, 1.807) is 30.5 Å². The van der Waals surface area contributed by atoms with E-state index in [9.17, 15) is 8.42 Å². The van der Waals surface area contributed by atoms with Gasteiger partial charge in [-0.15, -0.1) is 0 Å². The molecule has 0 aliphatic carbocycles. The van der Waals surface area contributed by atoms with Crippen molar-refractivity contribution in [3.05, 3.63) is 91.1 Å². The van der Waals surface area contributed by atoms with Gasteiger partial charge in [0, 0.05) is 17.1 Å². The largest absolute Gasteiger partial charge is 0.268 e. The van der Waals surface area contributed by atoms with E-state index in [4.69, 9.17) is 0 Å². The molecule has 0 saturated carbocycles. The van der Waals surface area contributed by atoms with Gasteiger partial charge >= 0.3 is 0 Å². The lowest BCUT2D eigenvalue weighted by atomic mass is 10.1. The van der Waals surface area contributed by atoms with Crippen LogP contribution in [0.3, 0.4) is 0 Å². The van der Waals surface area contributed by atoms with Crippen molar-refractivity contribution in [2.24, 2.45) is 0 Å². The minimum absolute atomic E-state index is 0.283. The fourth-order valence-corrected chi connectivity index (χ4v) is 4.29. The molecule has 0 saturated heterocycles. The lowest BCUT2D eigenvalue weighted by molar-refractivity contribution is 0.589. The van der Waals surface area contributed by atoms with E-state index in [1.807, 2.05) is 60.7 Å². The molecule has 0 N–H and O–H groups in total. The zero-order valence-corrected chi connectivity index (χ0v) is 13.6. The highest BCUT2D eigenvalue weighted by atomic mass is 32.2. The maximum atomic E-state index is 13.1. The van der Waals surface area contributed by atoms with E-state index in [0.29, 0.717) is 5.52 Å². The van der Waals surface area contributed by atoms with Crippen LogP contribution in [0, 0.1) is 0 Å². The molecular formula is C20H15NO2S. The van der Waals surface area contributed by atoms with E-state index in [2.05, 4.69) is 0 Å². The summed E-state index contributed by atoms with van der Waals surface area (Å²) in [5, 5.41) is 0.920. The second-order valence-electron chi connectivity index (χ2n) is 5.54. The number of nitrogens with zero attached hydrogens (tertiary/aromatic N) is 1. The fraction of sp³-hybridized carbons (Fsp3) is 0. The lowest BCUT2D eigenvalue weighted by Crippen LogP contribution is -2.11. The molecule has 0 radical (unpaired) electrons. The number of fused-ring (bicyclic) bond motifs is 1. The Kier molecular flexibility index (Phi) is 3.47. The molecule has 0 bridgehead atoms. The Balaban J connectivity index is 2.01. The van der Waals surface area contributed by atoms with Crippen LogP contribution in [0.25, 0.3) is 22.0 Å². The molecule has 0 unspecified atom stereocenters. The molecule has 118 valence electrons. The normalized spacial score (nSPS) is 11.7. The van der Waals surface area contributed by atoms with Crippen molar-refractivity contribution in [3.63, 3.8) is 0 Å². The third-order valence-electron chi connectivity index (χ3n) is 4.06. The maximum absolute atomic E-state index is 13.1. The first kappa shape index (κ1) is 14.7. The van der Waals surface area contributed by atoms with E-state index < -0.39 is 10.0 Å². The van der Waals surface area contributed by atoms with E-state index in [1.165, 1.54) is 3.97 Å². The maximum Gasteiger partial charge on any atom is 0.268 e.